The molecular weight excluding hydrogens is 254 g/mol. The Kier molecular flexibility index (Phi) is 5.35. The van der Waals surface area contributed by atoms with Gasteiger partial charge in [0.15, 0.2) is 0 Å². The van der Waals surface area contributed by atoms with Gasteiger partial charge in [-0.1, -0.05) is 0 Å². The number of nitrogens with zero attached hydrogens (tertiary/aromatic N) is 2. The predicted octanol–water partition coefficient (Wildman–Crippen LogP) is 2.01. The quantitative estimate of drug-likeness (QED) is 0.739. The maximum absolute atomic E-state index is 12.4. The van der Waals surface area contributed by atoms with Crippen LogP contribution in [0.3, 0.4) is 0 Å². The van der Waals surface area contributed by atoms with Crippen LogP contribution in [0.25, 0.3) is 0 Å². The smallest absolute Gasteiger partial charge is 0.257 e. The molecule has 1 N–H and O–H groups in total. The van der Waals surface area contributed by atoms with Gasteiger partial charge in [0.25, 0.3) is 5.91 Å². The summed E-state index contributed by atoms with van der Waals surface area (Å²) in [6.45, 7) is 4.75. The van der Waals surface area contributed by atoms with Crippen molar-refractivity contribution < 1.29 is 9.53 Å². The van der Waals surface area contributed by atoms with Crippen molar-refractivity contribution in [3.8, 4) is 0 Å². The number of hydrogen-bond donors (Lipinski definition) is 1. The lowest BCUT2D eigenvalue weighted by Gasteiger charge is -2.18. The number of pyridine rings is 1. The number of aromatic nitrogens is 1. The molecule has 1 aliphatic carbocycles. The lowest BCUT2D eigenvalue weighted by atomic mass is 10.2. The lowest BCUT2D eigenvalue weighted by molar-refractivity contribution is 0.0681. The van der Waals surface area contributed by atoms with E-state index in [0.29, 0.717) is 24.5 Å². The van der Waals surface area contributed by atoms with E-state index in [-0.39, 0.29) is 5.91 Å². The lowest BCUT2D eigenvalue weighted by Crippen LogP contribution is -2.31. The highest BCUT2D eigenvalue weighted by Gasteiger charge is 2.21. The van der Waals surface area contributed by atoms with E-state index in [0.717, 1.165) is 19.1 Å². The van der Waals surface area contributed by atoms with Crippen molar-refractivity contribution in [3.05, 3.63) is 23.9 Å². The largest absolute Gasteiger partial charge is 0.379 e. The number of anilines is 1. The normalized spacial score (nSPS) is 14.1. The molecule has 0 bridgehead atoms. The number of nitrogens with one attached hydrogen (secondary N) is 1. The molecular formula is C15H23N3O2. The highest BCUT2D eigenvalue weighted by atomic mass is 16.5. The zero-order valence-electron chi connectivity index (χ0n) is 12.3. The third-order valence-electron chi connectivity index (χ3n) is 3.35. The van der Waals surface area contributed by atoms with Crippen molar-refractivity contribution >= 4 is 11.7 Å². The zero-order valence-corrected chi connectivity index (χ0v) is 12.3. The van der Waals surface area contributed by atoms with Crippen LogP contribution in [0.1, 0.15) is 30.1 Å². The molecule has 1 amide bonds. The van der Waals surface area contributed by atoms with Crippen molar-refractivity contribution in [1.29, 1.82) is 0 Å². The number of amides is 1. The van der Waals surface area contributed by atoms with E-state index in [1.807, 2.05) is 6.92 Å². The van der Waals surface area contributed by atoms with Gasteiger partial charge in [0.1, 0.15) is 5.82 Å². The molecule has 20 heavy (non-hydrogen) atoms. The van der Waals surface area contributed by atoms with Crippen LogP contribution in [0, 0.1) is 5.92 Å². The second-order valence-corrected chi connectivity index (χ2v) is 5.17. The minimum absolute atomic E-state index is 0.0240. The van der Waals surface area contributed by atoms with Gasteiger partial charge in [-0.15, -0.1) is 0 Å². The minimum Gasteiger partial charge on any atom is -0.379 e. The van der Waals surface area contributed by atoms with E-state index in [9.17, 15) is 4.79 Å². The van der Waals surface area contributed by atoms with Gasteiger partial charge in [-0.25, -0.2) is 4.98 Å². The summed E-state index contributed by atoms with van der Waals surface area (Å²) < 4.78 is 5.57. The summed E-state index contributed by atoms with van der Waals surface area (Å²) in [4.78, 5) is 18.3. The van der Waals surface area contributed by atoms with E-state index >= 15 is 0 Å². The second-order valence-electron chi connectivity index (χ2n) is 5.17. The van der Waals surface area contributed by atoms with E-state index in [2.05, 4.69) is 10.3 Å². The van der Waals surface area contributed by atoms with Gasteiger partial charge in [-0.05, 0) is 37.8 Å². The predicted molar refractivity (Wildman–Crippen MR) is 78.9 cm³/mol. The molecule has 5 nitrogen and oxygen atoms in total. The summed E-state index contributed by atoms with van der Waals surface area (Å²) in [5.74, 6) is 1.38. The van der Waals surface area contributed by atoms with Gasteiger partial charge in [0, 0.05) is 32.9 Å². The van der Waals surface area contributed by atoms with Crippen LogP contribution in [0.5, 0.6) is 0 Å². The first-order valence-electron chi connectivity index (χ1n) is 7.24. The fraction of sp³-hybridized carbons (Fsp3) is 0.600. The van der Waals surface area contributed by atoms with Gasteiger partial charge < -0.3 is 15.0 Å². The summed E-state index contributed by atoms with van der Waals surface area (Å²) in [7, 11) is 1.80. The number of carbonyl (C=O) groups is 1. The van der Waals surface area contributed by atoms with Crippen molar-refractivity contribution in [2.75, 3.05) is 38.7 Å². The third kappa shape index (κ3) is 4.20. The van der Waals surface area contributed by atoms with Gasteiger partial charge in [0.05, 0.1) is 12.2 Å². The van der Waals surface area contributed by atoms with Gasteiger partial charge in [-0.3, -0.25) is 4.79 Å². The molecule has 5 heteroatoms. The van der Waals surface area contributed by atoms with Gasteiger partial charge >= 0.3 is 0 Å². The molecule has 0 unspecified atom stereocenters. The van der Waals surface area contributed by atoms with Crippen LogP contribution in [-0.4, -0.2) is 49.1 Å². The zero-order chi connectivity index (χ0) is 14.4. The molecule has 1 aromatic heterocycles. The fourth-order valence-corrected chi connectivity index (χ4v) is 1.93. The molecule has 1 aliphatic rings. The van der Waals surface area contributed by atoms with E-state index in [4.69, 9.17) is 4.74 Å². The first-order chi connectivity index (χ1) is 9.72. The van der Waals surface area contributed by atoms with Crippen molar-refractivity contribution in [1.82, 2.24) is 9.88 Å². The van der Waals surface area contributed by atoms with E-state index in [1.165, 1.54) is 12.8 Å². The molecule has 1 heterocycles. The average molecular weight is 277 g/mol. The second kappa shape index (κ2) is 7.24. The molecule has 0 radical (unpaired) electrons. The number of ether oxygens (including phenoxy) is 1. The molecule has 1 saturated carbocycles. The third-order valence-corrected chi connectivity index (χ3v) is 3.35. The molecule has 0 atom stereocenters. The molecule has 0 saturated heterocycles. The Morgan fingerprint density at radius 3 is 3.05 bits per heavy atom. The Morgan fingerprint density at radius 2 is 2.35 bits per heavy atom. The van der Waals surface area contributed by atoms with Crippen LogP contribution in [0.4, 0.5) is 5.82 Å². The maximum Gasteiger partial charge on any atom is 0.257 e. The Labute approximate surface area is 120 Å². The molecule has 0 spiro atoms. The topological polar surface area (TPSA) is 54.5 Å². The van der Waals surface area contributed by atoms with E-state index in [1.54, 1.807) is 30.3 Å². The number of carbonyl (C=O) groups excluding carboxylic acids is 1. The molecule has 0 aromatic carbocycles. The first kappa shape index (κ1) is 14.8. The highest BCUT2D eigenvalue weighted by Crippen LogP contribution is 2.28. The van der Waals surface area contributed by atoms with Gasteiger partial charge in [0.2, 0.25) is 0 Å². The van der Waals surface area contributed by atoms with Crippen molar-refractivity contribution in [2.24, 2.45) is 5.92 Å². The molecule has 1 aromatic rings. The molecule has 0 aliphatic heterocycles. The van der Waals surface area contributed by atoms with Crippen molar-refractivity contribution in [2.45, 2.75) is 19.8 Å². The average Bonchev–Trinajstić information content (AvgIpc) is 3.28. The summed E-state index contributed by atoms with van der Waals surface area (Å²) in [5.41, 5.74) is 0.610. The Morgan fingerprint density at radius 1 is 1.55 bits per heavy atom. The molecule has 1 fully saturated rings. The number of hydrogen-bond acceptors (Lipinski definition) is 4. The van der Waals surface area contributed by atoms with Crippen LogP contribution in [-0.2, 0) is 4.74 Å². The SMILES string of the molecule is CCNc1ncccc1C(=O)N(C)CCOCC1CC1. The summed E-state index contributed by atoms with van der Waals surface area (Å²) in [6, 6.07) is 3.58. The number of rotatable bonds is 8. The Bertz CT molecular complexity index is 446. The summed E-state index contributed by atoms with van der Waals surface area (Å²) in [5, 5.41) is 3.11. The van der Waals surface area contributed by atoms with Crippen LogP contribution < -0.4 is 5.32 Å². The Balaban J connectivity index is 1.84. The first-order valence-corrected chi connectivity index (χ1v) is 7.24. The van der Waals surface area contributed by atoms with Crippen LogP contribution >= 0.6 is 0 Å². The standard InChI is InChI=1S/C15H23N3O2/c1-3-16-14-13(5-4-8-17-14)15(19)18(2)9-10-20-11-12-6-7-12/h4-5,8,12H,3,6-7,9-11H2,1-2H3,(H,16,17). The maximum atomic E-state index is 12.4. The number of likely N-dealkylation sites (N-methyl/N-ethyl adjacent to an activating group) is 1. The Hall–Kier alpha value is -1.62. The highest BCUT2D eigenvalue weighted by molar-refractivity contribution is 5.98. The fourth-order valence-electron chi connectivity index (χ4n) is 1.93. The van der Waals surface area contributed by atoms with Crippen LogP contribution in [0.2, 0.25) is 0 Å². The monoisotopic (exact) mass is 277 g/mol. The van der Waals surface area contributed by atoms with Gasteiger partial charge in [-0.2, -0.15) is 0 Å². The van der Waals surface area contributed by atoms with Crippen molar-refractivity contribution in [3.63, 3.8) is 0 Å². The summed E-state index contributed by atoms with van der Waals surface area (Å²) >= 11 is 0. The van der Waals surface area contributed by atoms with E-state index < -0.39 is 0 Å². The molecule has 110 valence electrons. The van der Waals surface area contributed by atoms with Crippen LogP contribution in [0.15, 0.2) is 18.3 Å². The minimum atomic E-state index is -0.0240. The summed E-state index contributed by atoms with van der Waals surface area (Å²) in [6.07, 6.45) is 4.26. The molecule has 2 rings (SSSR count).